The number of pyridine rings is 1. The SMILES string of the molecule is CC(CCCCCCN(CCF)S(=O)(=O)C1CCCCC1)N(C(N)=NC#N)c1ccncc1. The number of hydrogen-bond donors (Lipinski definition) is 1. The number of unbranched alkanes of at least 4 members (excludes halogenated alkanes) is 3. The highest BCUT2D eigenvalue weighted by Crippen LogP contribution is 2.26. The lowest BCUT2D eigenvalue weighted by Crippen LogP contribution is -2.43. The summed E-state index contributed by atoms with van der Waals surface area (Å²) in [6, 6.07) is 3.67. The first-order chi connectivity index (χ1) is 15.9. The van der Waals surface area contributed by atoms with E-state index in [1.165, 1.54) is 4.31 Å². The molecular formula is C23H37FN6O2S. The maximum absolute atomic E-state index is 13.0. The highest BCUT2D eigenvalue weighted by atomic mass is 32.2. The van der Waals surface area contributed by atoms with Crippen LogP contribution in [-0.4, -0.2) is 54.7 Å². The quantitative estimate of drug-likeness (QED) is 0.198. The highest BCUT2D eigenvalue weighted by Gasteiger charge is 2.32. The van der Waals surface area contributed by atoms with Gasteiger partial charge in [-0.1, -0.05) is 38.5 Å². The molecule has 2 rings (SSSR count). The molecule has 1 atom stereocenters. The van der Waals surface area contributed by atoms with Crippen LogP contribution in [0, 0.1) is 11.5 Å². The summed E-state index contributed by atoms with van der Waals surface area (Å²) in [5.41, 5.74) is 6.84. The Bertz CT molecular complexity index is 869. The Morgan fingerprint density at radius 3 is 2.52 bits per heavy atom. The predicted molar refractivity (Wildman–Crippen MR) is 130 cm³/mol. The van der Waals surface area contributed by atoms with E-state index in [1.54, 1.807) is 18.6 Å². The monoisotopic (exact) mass is 480 g/mol. The van der Waals surface area contributed by atoms with E-state index < -0.39 is 16.7 Å². The number of anilines is 1. The van der Waals surface area contributed by atoms with Crippen molar-refractivity contribution in [1.29, 1.82) is 5.26 Å². The van der Waals surface area contributed by atoms with Crippen LogP contribution in [0.1, 0.15) is 71.1 Å². The summed E-state index contributed by atoms with van der Waals surface area (Å²) >= 11 is 0. The Kier molecular flexibility index (Phi) is 11.5. The molecular weight excluding hydrogens is 443 g/mol. The zero-order valence-corrected chi connectivity index (χ0v) is 20.4. The number of aliphatic imine (C=N–C) groups is 1. The van der Waals surface area contributed by atoms with Gasteiger partial charge in [-0.3, -0.25) is 4.98 Å². The molecule has 1 unspecified atom stereocenters. The summed E-state index contributed by atoms with van der Waals surface area (Å²) in [5, 5.41) is 8.54. The molecule has 1 fully saturated rings. The van der Waals surface area contributed by atoms with Crippen LogP contribution in [0.15, 0.2) is 29.5 Å². The van der Waals surface area contributed by atoms with Crippen LogP contribution in [0.5, 0.6) is 0 Å². The van der Waals surface area contributed by atoms with Gasteiger partial charge in [-0.2, -0.15) is 9.57 Å². The normalized spacial score (nSPS) is 16.5. The lowest BCUT2D eigenvalue weighted by Gasteiger charge is -2.30. The molecule has 0 aliphatic heterocycles. The van der Waals surface area contributed by atoms with Gasteiger partial charge in [-0.15, -0.1) is 4.99 Å². The van der Waals surface area contributed by atoms with Crippen LogP contribution >= 0.6 is 0 Å². The third kappa shape index (κ3) is 8.23. The summed E-state index contributed by atoms with van der Waals surface area (Å²) in [5.74, 6) is 0.144. The first kappa shape index (κ1) is 27.0. The van der Waals surface area contributed by atoms with E-state index in [1.807, 2.05) is 24.0 Å². The number of nitrogens with two attached hydrogens (primary N) is 1. The van der Waals surface area contributed by atoms with Gasteiger partial charge in [-0.05, 0) is 44.7 Å². The van der Waals surface area contributed by atoms with E-state index in [0.717, 1.165) is 50.6 Å². The minimum absolute atomic E-state index is 0.0271. The molecule has 1 heterocycles. The van der Waals surface area contributed by atoms with Crippen LogP contribution in [0.3, 0.4) is 0 Å². The van der Waals surface area contributed by atoms with Crippen LogP contribution in [0.25, 0.3) is 0 Å². The lowest BCUT2D eigenvalue weighted by molar-refractivity contribution is 0.338. The van der Waals surface area contributed by atoms with Crippen LogP contribution in [-0.2, 0) is 10.0 Å². The first-order valence-corrected chi connectivity index (χ1v) is 13.4. The Hall–Kier alpha value is -2.25. The Balaban J connectivity index is 1.82. The standard InChI is InChI=1S/C23H37FN6O2S/c1-20(30(23(26)28-19-25)21-12-15-27-16-13-21)9-5-2-3-8-17-29(18-14-24)33(31,32)22-10-6-4-7-11-22/h12-13,15-16,20,22H,2-11,14,17-18H2,1H3,(H2,26,28). The van der Waals surface area contributed by atoms with E-state index in [4.69, 9.17) is 11.0 Å². The zero-order chi connectivity index (χ0) is 24.1. The second kappa shape index (κ2) is 14.1. The van der Waals surface area contributed by atoms with E-state index in [-0.39, 0.29) is 23.8 Å². The minimum Gasteiger partial charge on any atom is -0.369 e. The van der Waals surface area contributed by atoms with Crippen molar-refractivity contribution < 1.29 is 12.8 Å². The third-order valence-electron chi connectivity index (χ3n) is 6.24. The number of halogens is 1. The van der Waals surface area contributed by atoms with Gasteiger partial charge in [0.1, 0.15) is 6.67 Å². The fourth-order valence-corrected chi connectivity index (χ4v) is 6.52. The summed E-state index contributed by atoms with van der Waals surface area (Å²) in [4.78, 5) is 9.53. The summed E-state index contributed by atoms with van der Waals surface area (Å²) < 4.78 is 40.2. The van der Waals surface area contributed by atoms with Crippen LogP contribution in [0.2, 0.25) is 0 Å². The summed E-state index contributed by atoms with van der Waals surface area (Å²) in [6.45, 7) is 1.71. The highest BCUT2D eigenvalue weighted by molar-refractivity contribution is 7.89. The van der Waals surface area contributed by atoms with E-state index >= 15 is 0 Å². The second-order valence-electron chi connectivity index (χ2n) is 8.59. The molecule has 1 aromatic rings. The van der Waals surface area contributed by atoms with Crippen molar-refractivity contribution in [2.24, 2.45) is 10.7 Å². The maximum Gasteiger partial charge on any atom is 0.217 e. The topological polar surface area (TPSA) is 116 Å². The molecule has 8 nitrogen and oxygen atoms in total. The molecule has 1 aliphatic carbocycles. The largest absolute Gasteiger partial charge is 0.369 e. The minimum atomic E-state index is -3.42. The fraction of sp³-hybridized carbons (Fsp3) is 0.696. The fourth-order valence-electron chi connectivity index (χ4n) is 4.47. The molecule has 0 aromatic carbocycles. The molecule has 1 aliphatic rings. The van der Waals surface area contributed by atoms with Gasteiger partial charge in [0.25, 0.3) is 0 Å². The molecule has 1 saturated carbocycles. The number of nitrogens with zero attached hydrogens (tertiary/aromatic N) is 5. The zero-order valence-electron chi connectivity index (χ0n) is 19.6. The first-order valence-electron chi connectivity index (χ1n) is 11.9. The van der Waals surface area contributed by atoms with Crippen molar-refractivity contribution >= 4 is 21.7 Å². The van der Waals surface area contributed by atoms with Crippen LogP contribution < -0.4 is 10.6 Å². The Morgan fingerprint density at radius 1 is 1.21 bits per heavy atom. The number of guanidine groups is 1. The van der Waals surface area contributed by atoms with Gasteiger partial charge in [0.2, 0.25) is 22.2 Å². The second-order valence-corrected chi connectivity index (χ2v) is 10.8. The molecule has 1 aromatic heterocycles. The Morgan fingerprint density at radius 2 is 1.88 bits per heavy atom. The van der Waals surface area contributed by atoms with Gasteiger partial charge < -0.3 is 10.6 Å². The number of aromatic nitrogens is 1. The molecule has 0 bridgehead atoms. The summed E-state index contributed by atoms with van der Waals surface area (Å²) in [7, 11) is -3.42. The van der Waals surface area contributed by atoms with Gasteiger partial charge in [0.05, 0.1) is 5.25 Å². The summed E-state index contributed by atoms with van der Waals surface area (Å²) in [6.07, 6.45) is 13.7. The molecule has 184 valence electrons. The van der Waals surface area contributed by atoms with Gasteiger partial charge in [0, 0.05) is 37.2 Å². The molecule has 33 heavy (non-hydrogen) atoms. The van der Waals surface area contributed by atoms with E-state index in [0.29, 0.717) is 25.8 Å². The van der Waals surface area contributed by atoms with Crippen molar-refractivity contribution in [3.8, 4) is 6.19 Å². The van der Waals surface area contributed by atoms with Crippen molar-refractivity contribution in [1.82, 2.24) is 9.29 Å². The van der Waals surface area contributed by atoms with Gasteiger partial charge >= 0.3 is 0 Å². The Labute approximate surface area is 197 Å². The molecule has 2 N–H and O–H groups in total. The average Bonchev–Trinajstić information content (AvgIpc) is 2.82. The predicted octanol–water partition coefficient (Wildman–Crippen LogP) is 3.96. The van der Waals surface area contributed by atoms with Crippen LogP contribution in [0.4, 0.5) is 10.1 Å². The lowest BCUT2D eigenvalue weighted by atomic mass is 10.0. The molecule has 0 spiro atoms. The third-order valence-corrected chi connectivity index (χ3v) is 8.64. The molecule has 0 saturated heterocycles. The van der Waals surface area contributed by atoms with Crippen molar-refractivity contribution in [3.63, 3.8) is 0 Å². The maximum atomic E-state index is 13.0. The van der Waals surface area contributed by atoms with E-state index in [9.17, 15) is 12.8 Å². The number of nitriles is 1. The average molecular weight is 481 g/mol. The van der Waals surface area contributed by atoms with E-state index in [2.05, 4.69) is 9.98 Å². The molecule has 10 heteroatoms. The smallest absolute Gasteiger partial charge is 0.217 e. The number of alkyl halides is 1. The number of rotatable bonds is 13. The number of hydrogen-bond acceptors (Lipinski definition) is 5. The number of sulfonamides is 1. The van der Waals surface area contributed by atoms with Crippen molar-refractivity contribution in [3.05, 3.63) is 24.5 Å². The molecule has 0 amide bonds. The van der Waals surface area contributed by atoms with Crippen molar-refractivity contribution in [2.75, 3.05) is 24.7 Å². The molecule has 0 radical (unpaired) electrons. The van der Waals surface area contributed by atoms with Crippen molar-refractivity contribution in [2.45, 2.75) is 82.4 Å². The van der Waals surface area contributed by atoms with Gasteiger partial charge in [0.15, 0.2) is 0 Å². The van der Waals surface area contributed by atoms with Gasteiger partial charge in [-0.25, -0.2) is 12.8 Å².